The van der Waals surface area contributed by atoms with Gasteiger partial charge in [0.05, 0.1) is 37.1 Å². The highest BCUT2D eigenvalue weighted by Gasteiger charge is 2.22. The number of anilines is 2. The number of amides is 1. The lowest BCUT2D eigenvalue weighted by molar-refractivity contribution is 0.0919. The second kappa shape index (κ2) is 12.9. The van der Waals surface area contributed by atoms with Crippen molar-refractivity contribution in [2.24, 2.45) is 5.73 Å². The lowest BCUT2D eigenvalue weighted by Crippen LogP contribution is -2.28. The van der Waals surface area contributed by atoms with Crippen molar-refractivity contribution in [1.82, 2.24) is 24.4 Å². The zero-order valence-corrected chi connectivity index (χ0v) is 23.4. The van der Waals surface area contributed by atoms with Crippen LogP contribution in [0, 0.1) is 0 Å². The molecule has 0 saturated carbocycles. The second-order valence-electron chi connectivity index (χ2n) is 8.69. The van der Waals surface area contributed by atoms with E-state index in [1.165, 1.54) is 20.2 Å². The predicted molar refractivity (Wildman–Crippen MR) is 153 cm³/mol. The number of imidazole rings is 1. The van der Waals surface area contributed by atoms with Gasteiger partial charge in [0.25, 0.3) is 5.91 Å². The van der Waals surface area contributed by atoms with Crippen LogP contribution in [0.3, 0.4) is 0 Å². The molecule has 0 atom stereocenters. The van der Waals surface area contributed by atoms with Crippen LogP contribution in [0.5, 0.6) is 5.75 Å². The summed E-state index contributed by atoms with van der Waals surface area (Å²) in [5.74, 6) is 0.709. The zero-order chi connectivity index (χ0) is 28.7. The summed E-state index contributed by atoms with van der Waals surface area (Å²) in [4.78, 5) is 21.8. The lowest BCUT2D eigenvalue weighted by Gasteiger charge is -2.13. The SMILES string of the molecule is CCc1cc(Nc2nccn3c(-c4ccc(OC)cc4S(=O)(=O)NC)cnc23)ccc1C(=O)NCCOCCN. The lowest BCUT2D eigenvalue weighted by atomic mass is 10.0. The molecule has 2 aromatic heterocycles. The average molecular weight is 568 g/mol. The van der Waals surface area contributed by atoms with Crippen LogP contribution in [0.25, 0.3) is 16.9 Å². The van der Waals surface area contributed by atoms with Crippen LogP contribution in [-0.4, -0.2) is 69.2 Å². The molecule has 4 rings (SSSR count). The third-order valence-corrected chi connectivity index (χ3v) is 7.69. The number of benzene rings is 2. The number of ether oxygens (including phenoxy) is 2. The molecule has 0 radical (unpaired) electrons. The van der Waals surface area contributed by atoms with Gasteiger partial charge in [-0.2, -0.15) is 0 Å². The molecular formula is C27H33N7O5S. The van der Waals surface area contributed by atoms with Crippen LogP contribution >= 0.6 is 0 Å². The molecule has 2 heterocycles. The van der Waals surface area contributed by atoms with Gasteiger partial charge in [0.1, 0.15) is 5.75 Å². The number of nitrogens with zero attached hydrogens (tertiary/aromatic N) is 3. The Morgan fingerprint density at radius 1 is 1.12 bits per heavy atom. The van der Waals surface area contributed by atoms with E-state index in [4.69, 9.17) is 15.2 Å². The standard InChI is InChI=1S/C27H33N7O5S/c1-4-18-15-19(5-7-21(18)27(35)31-11-14-39-13-9-28)33-25-26-32-17-23(34(26)12-10-30-25)22-8-6-20(38-3)16-24(22)40(36,37)29-2/h5-8,10,12,15-17,29H,4,9,11,13-14,28H2,1-3H3,(H,30,33)(H,31,35). The molecule has 0 fully saturated rings. The van der Waals surface area contributed by atoms with Gasteiger partial charge in [-0.05, 0) is 49.4 Å². The first-order valence-electron chi connectivity index (χ1n) is 12.7. The normalized spacial score (nSPS) is 11.5. The fraction of sp³-hybridized carbons (Fsp3) is 0.296. The molecule has 1 amide bonds. The summed E-state index contributed by atoms with van der Waals surface area (Å²) in [6.07, 6.45) is 5.56. The molecule has 0 aliphatic rings. The first-order valence-corrected chi connectivity index (χ1v) is 14.2. The van der Waals surface area contributed by atoms with Gasteiger partial charge in [-0.25, -0.2) is 23.1 Å². The zero-order valence-electron chi connectivity index (χ0n) is 22.6. The number of sulfonamides is 1. The van der Waals surface area contributed by atoms with Gasteiger partial charge >= 0.3 is 0 Å². The summed E-state index contributed by atoms with van der Waals surface area (Å²) < 4.78 is 40.3. The smallest absolute Gasteiger partial charge is 0.251 e. The highest BCUT2D eigenvalue weighted by Crippen LogP contribution is 2.32. The van der Waals surface area contributed by atoms with E-state index >= 15 is 0 Å². The van der Waals surface area contributed by atoms with Gasteiger partial charge in [-0.3, -0.25) is 9.20 Å². The summed E-state index contributed by atoms with van der Waals surface area (Å²) in [6.45, 7) is 3.65. The Hall–Kier alpha value is -4.04. The second-order valence-corrected chi connectivity index (χ2v) is 10.5. The number of methoxy groups -OCH3 is 1. The molecular weight excluding hydrogens is 534 g/mol. The van der Waals surface area contributed by atoms with Crippen LogP contribution in [0.4, 0.5) is 11.5 Å². The van der Waals surface area contributed by atoms with Crippen molar-refractivity contribution < 1.29 is 22.7 Å². The van der Waals surface area contributed by atoms with Crippen LogP contribution < -0.4 is 25.8 Å². The summed E-state index contributed by atoms with van der Waals surface area (Å²) >= 11 is 0. The number of hydrogen-bond donors (Lipinski definition) is 4. The van der Waals surface area contributed by atoms with E-state index in [1.54, 1.807) is 47.3 Å². The number of nitrogens with two attached hydrogens (primary N) is 1. The van der Waals surface area contributed by atoms with E-state index in [1.807, 2.05) is 13.0 Å². The highest BCUT2D eigenvalue weighted by atomic mass is 32.2. The molecule has 0 aliphatic carbocycles. The molecule has 40 heavy (non-hydrogen) atoms. The van der Waals surface area contributed by atoms with Crippen molar-refractivity contribution in [3.05, 3.63) is 66.1 Å². The van der Waals surface area contributed by atoms with Crippen molar-refractivity contribution in [2.75, 3.05) is 45.8 Å². The maximum Gasteiger partial charge on any atom is 0.251 e. The summed E-state index contributed by atoms with van der Waals surface area (Å²) in [7, 11) is -0.956. The van der Waals surface area contributed by atoms with Crippen LogP contribution in [0.1, 0.15) is 22.8 Å². The number of aromatic nitrogens is 3. The fourth-order valence-electron chi connectivity index (χ4n) is 4.22. The third-order valence-electron chi connectivity index (χ3n) is 6.24. The Bertz CT molecular complexity index is 1600. The fourth-order valence-corrected chi connectivity index (χ4v) is 5.17. The Morgan fingerprint density at radius 3 is 2.67 bits per heavy atom. The molecule has 5 N–H and O–H groups in total. The Balaban J connectivity index is 1.63. The largest absolute Gasteiger partial charge is 0.497 e. The molecule has 0 bridgehead atoms. The van der Waals surface area contributed by atoms with E-state index in [-0.39, 0.29) is 10.8 Å². The average Bonchev–Trinajstić information content (AvgIpc) is 3.41. The number of carbonyl (C=O) groups excluding carboxylic acids is 1. The van der Waals surface area contributed by atoms with Gasteiger partial charge in [0.15, 0.2) is 11.5 Å². The molecule has 2 aromatic carbocycles. The topological polar surface area (TPSA) is 162 Å². The Labute approximate surface area is 233 Å². The Kier molecular flexibility index (Phi) is 9.32. The Morgan fingerprint density at radius 2 is 1.95 bits per heavy atom. The molecule has 4 aromatic rings. The van der Waals surface area contributed by atoms with E-state index < -0.39 is 10.0 Å². The van der Waals surface area contributed by atoms with Crippen molar-refractivity contribution in [2.45, 2.75) is 18.2 Å². The monoisotopic (exact) mass is 567 g/mol. The number of aryl methyl sites for hydroxylation is 1. The number of fused-ring (bicyclic) bond motifs is 1. The van der Waals surface area contributed by atoms with E-state index in [9.17, 15) is 13.2 Å². The summed E-state index contributed by atoms with van der Waals surface area (Å²) in [5.41, 5.74) is 9.10. The van der Waals surface area contributed by atoms with Crippen LogP contribution in [0.15, 0.2) is 59.9 Å². The van der Waals surface area contributed by atoms with Crippen molar-refractivity contribution in [1.29, 1.82) is 0 Å². The van der Waals surface area contributed by atoms with E-state index in [0.717, 1.165) is 11.3 Å². The van der Waals surface area contributed by atoms with Crippen molar-refractivity contribution >= 4 is 33.1 Å². The molecule has 13 heteroatoms. The molecule has 0 aliphatic heterocycles. The highest BCUT2D eigenvalue weighted by molar-refractivity contribution is 7.89. The number of rotatable bonds is 13. The molecule has 0 saturated heterocycles. The van der Waals surface area contributed by atoms with E-state index in [0.29, 0.717) is 66.8 Å². The molecule has 12 nitrogen and oxygen atoms in total. The maximum absolute atomic E-state index is 12.8. The number of nitrogens with one attached hydrogen (secondary N) is 3. The molecule has 212 valence electrons. The van der Waals surface area contributed by atoms with Gasteiger partial charge in [0.2, 0.25) is 10.0 Å². The molecule has 0 unspecified atom stereocenters. The van der Waals surface area contributed by atoms with Crippen LogP contribution in [-0.2, 0) is 21.2 Å². The first-order chi connectivity index (χ1) is 19.3. The van der Waals surface area contributed by atoms with Crippen molar-refractivity contribution in [3.8, 4) is 17.0 Å². The maximum atomic E-state index is 12.8. The number of hydrogen-bond acceptors (Lipinski definition) is 9. The minimum absolute atomic E-state index is 0.0647. The summed E-state index contributed by atoms with van der Waals surface area (Å²) in [6, 6.07) is 10.3. The van der Waals surface area contributed by atoms with Gasteiger partial charge in [-0.1, -0.05) is 6.92 Å². The minimum Gasteiger partial charge on any atom is -0.497 e. The first kappa shape index (κ1) is 29.0. The van der Waals surface area contributed by atoms with Gasteiger partial charge in [-0.15, -0.1) is 0 Å². The molecule has 0 spiro atoms. The third kappa shape index (κ3) is 6.23. The quantitative estimate of drug-likeness (QED) is 0.178. The minimum atomic E-state index is -3.79. The van der Waals surface area contributed by atoms with Gasteiger partial charge < -0.3 is 25.8 Å². The number of carbonyl (C=O) groups is 1. The van der Waals surface area contributed by atoms with E-state index in [2.05, 4.69) is 25.3 Å². The predicted octanol–water partition coefficient (Wildman–Crippen LogP) is 2.32. The van der Waals surface area contributed by atoms with Crippen LogP contribution in [0.2, 0.25) is 0 Å². The van der Waals surface area contributed by atoms with Gasteiger partial charge in [0, 0.05) is 48.4 Å². The van der Waals surface area contributed by atoms with Crippen molar-refractivity contribution in [3.63, 3.8) is 0 Å². The summed E-state index contributed by atoms with van der Waals surface area (Å²) in [5, 5.41) is 6.15.